The van der Waals surface area contributed by atoms with Crippen LogP contribution in [0.15, 0.2) is 24.5 Å². The normalized spacial score (nSPS) is 11.0. The van der Waals surface area contributed by atoms with E-state index in [0.29, 0.717) is 12.5 Å². The minimum Gasteiger partial charge on any atom is -0.494 e. The predicted molar refractivity (Wildman–Crippen MR) is 54.0 cm³/mol. The lowest BCUT2D eigenvalue weighted by Gasteiger charge is -2.09. The number of rotatable bonds is 6. The van der Waals surface area contributed by atoms with Gasteiger partial charge >= 0.3 is 0 Å². The van der Waals surface area contributed by atoms with Crippen LogP contribution in [0.1, 0.15) is 33.6 Å². The maximum atomic E-state index is 5.37. The zero-order valence-corrected chi connectivity index (χ0v) is 8.47. The average Bonchev–Trinajstić information content (AvgIpc) is 2.03. The molecule has 1 heteroatoms. The van der Waals surface area contributed by atoms with Gasteiger partial charge in [-0.3, -0.25) is 0 Å². The van der Waals surface area contributed by atoms with Gasteiger partial charge in [-0.15, -0.1) is 0 Å². The summed E-state index contributed by atoms with van der Waals surface area (Å²) in [4.78, 5) is 0. The summed E-state index contributed by atoms with van der Waals surface area (Å²) in [6.07, 6.45) is 6.53. The Morgan fingerprint density at radius 2 is 2.08 bits per heavy atom. The van der Waals surface area contributed by atoms with E-state index in [1.165, 1.54) is 6.42 Å². The first-order chi connectivity index (χ1) is 5.68. The highest BCUT2D eigenvalue weighted by atomic mass is 16.5. The molecule has 0 N–H and O–H groups in total. The number of allylic oxidation sites excluding steroid dienone is 2. The Labute approximate surface area is 76.1 Å². The van der Waals surface area contributed by atoms with Crippen LogP contribution in [-0.4, -0.2) is 6.61 Å². The summed E-state index contributed by atoms with van der Waals surface area (Å²) in [5, 5.41) is 0. The molecule has 0 amide bonds. The molecule has 0 saturated heterocycles. The molecule has 1 nitrogen and oxygen atoms in total. The SMILES string of the molecule is C=C(OC/C=C/CCC)C(C)C. The zero-order valence-electron chi connectivity index (χ0n) is 8.47. The lowest BCUT2D eigenvalue weighted by atomic mass is 10.2. The summed E-state index contributed by atoms with van der Waals surface area (Å²) >= 11 is 0. The Balaban J connectivity index is 3.37. The minimum absolute atomic E-state index is 0.421. The molecule has 0 aliphatic rings. The lowest BCUT2D eigenvalue weighted by Crippen LogP contribution is -1.97. The van der Waals surface area contributed by atoms with Gasteiger partial charge in [0.15, 0.2) is 0 Å². The van der Waals surface area contributed by atoms with E-state index in [1.807, 2.05) is 0 Å². The van der Waals surface area contributed by atoms with E-state index >= 15 is 0 Å². The third-order valence-corrected chi connectivity index (χ3v) is 1.63. The van der Waals surface area contributed by atoms with E-state index in [-0.39, 0.29) is 0 Å². The van der Waals surface area contributed by atoms with Crippen LogP contribution in [-0.2, 0) is 4.74 Å². The van der Waals surface area contributed by atoms with Crippen LogP contribution in [0.2, 0.25) is 0 Å². The molecule has 0 aromatic heterocycles. The topological polar surface area (TPSA) is 9.23 Å². The first-order valence-corrected chi connectivity index (χ1v) is 4.65. The van der Waals surface area contributed by atoms with E-state index in [0.717, 1.165) is 12.2 Å². The van der Waals surface area contributed by atoms with Gasteiger partial charge < -0.3 is 4.74 Å². The first-order valence-electron chi connectivity index (χ1n) is 4.65. The lowest BCUT2D eigenvalue weighted by molar-refractivity contribution is 0.217. The fraction of sp³-hybridized carbons (Fsp3) is 0.636. The monoisotopic (exact) mass is 168 g/mol. The Morgan fingerprint density at radius 3 is 2.58 bits per heavy atom. The molecule has 70 valence electrons. The second-order valence-electron chi connectivity index (χ2n) is 3.19. The van der Waals surface area contributed by atoms with Crippen molar-refractivity contribution >= 4 is 0 Å². The molecular formula is C11H20O. The van der Waals surface area contributed by atoms with Gasteiger partial charge in [0.05, 0.1) is 5.76 Å². The molecule has 0 aromatic rings. The van der Waals surface area contributed by atoms with Crippen molar-refractivity contribution in [1.82, 2.24) is 0 Å². The maximum absolute atomic E-state index is 5.37. The first kappa shape index (κ1) is 11.3. The van der Waals surface area contributed by atoms with Crippen molar-refractivity contribution in [1.29, 1.82) is 0 Å². The van der Waals surface area contributed by atoms with Crippen molar-refractivity contribution in [2.75, 3.05) is 6.61 Å². The third kappa shape index (κ3) is 6.02. The van der Waals surface area contributed by atoms with Gasteiger partial charge in [0.1, 0.15) is 6.61 Å². The van der Waals surface area contributed by atoms with Crippen LogP contribution in [0, 0.1) is 5.92 Å². The summed E-state index contributed by atoms with van der Waals surface area (Å²) in [6.45, 7) is 10.8. The van der Waals surface area contributed by atoms with Gasteiger partial charge in [-0.25, -0.2) is 0 Å². The largest absolute Gasteiger partial charge is 0.494 e. The molecule has 0 aromatic carbocycles. The zero-order chi connectivity index (χ0) is 9.40. The Kier molecular flexibility index (Phi) is 6.54. The molecule has 0 bridgehead atoms. The van der Waals surface area contributed by atoms with Crippen LogP contribution in [0.4, 0.5) is 0 Å². The van der Waals surface area contributed by atoms with Crippen molar-refractivity contribution in [2.45, 2.75) is 33.6 Å². The molecule has 0 spiro atoms. The van der Waals surface area contributed by atoms with E-state index in [2.05, 4.69) is 39.5 Å². The van der Waals surface area contributed by atoms with Gasteiger partial charge in [0.2, 0.25) is 0 Å². The molecular weight excluding hydrogens is 148 g/mol. The van der Waals surface area contributed by atoms with Crippen molar-refractivity contribution in [2.24, 2.45) is 5.92 Å². The highest BCUT2D eigenvalue weighted by molar-refractivity contribution is 4.89. The summed E-state index contributed by atoms with van der Waals surface area (Å²) in [6, 6.07) is 0. The summed E-state index contributed by atoms with van der Waals surface area (Å²) in [5.41, 5.74) is 0. The van der Waals surface area contributed by atoms with Crippen LogP contribution < -0.4 is 0 Å². The fourth-order valence-corrected chi connectivity index (χ4v) is 0.674. The number of hydrogen-bond acceptors (Lipinski definition) is 1. The Bertz CT molecular complexity index is 145. The van der Waals surface area contributed by atoms with Crippen molar-refractivity contribution in [3.63, 3.8) is 0 Å². The standard InChI is InChI=1S/C11H20O/c1-5-6-7-8-9-12-11(4)10(2)3/h7-8,10H,4-6,9H2,1-3H3/b8-7+. The molecule has 0 aliphatic carbocycles. The molecule has 12 heavy (non-hydrogen) atoms. The molecule has 0 rings (SSSR count). The highest BCUT2D eigenvalue weighted by Gasteiger charge is 1.97. The summed E-state index contributed by atoms with van der Waals surface area (Å²) in [7, 11) is 0. The van der Waals surface area contributed by atoms with E-state index in [1.54, 1.807) is 0 Å². The second-order valence-corrected chi connectivity index (χ2v) is 3.19. The van der Waals surface area contributed by atoms with E-state index in [9.17, 15) is 0 Å². The van der Waals surface area contributed by atoms with Crippen molar-refractivity contribution in [3.05, 3.63) is 24.5 Å². The van der Waals surface area contributed by atoms with Crippen LogP contribution in [0.5, 0.6) is 0 Å². The Hall–Kier alpha value is -0.720. The van der Waals surface area contributed by atoms with Crippen molar-refractivity contribution < 1.29 is 4.74 Å². The fourth-order valence-electron chi connectivity index (χ4n) is 0.674. The maximum Gasteiger partial charge on any atom is 0.106 e. The quantitative estimate of drug-likeness (QED) is 0.435. The molecule has 0 radical (unpaired) electrons. The van der Waals surface area contributed by atoms with Crippen molar-refractivity contribution in [3.8, 4) is 0 Å². The number of hydrogen-bond donors (Lipinski definition) is 0. The summed E-state index contributed by atoms with van der Waals surface area (Å²) < 4.78 is 5.37. The van der Waals surface area contributed by atoms with Crippen LogP contribution in [0.25, 0.3) is 0 Å². The van der Waals surface area contributed by atoms with Gasteiger partial charge in [-0.2, -0.15) is 0 Å². The van der Waals surface area contributed by atoms with Crippen LogP contribution in [0.3, 0.4) is 0 Å². The molecule has 0 atom stereocenters. The average molecular weight is 168 g/mol. The molecule has 0 fully saturated rings. The predicted octanol–water partition coefficient (Wildman–Crippen LogP) is 3.53. The van der Waals surface area contributed by atoms with Gasteiger partial charge in [0, 0.05) is 5.92 Å². The Morgan fingerprint density at radius 1 is 1.42 bits per heavy atom. The number of ether oxygens (including phenoxy) is 1. The number of unbranched alkanes of at least 4 members (excludes halogenated alkanes) is 1. The third-order valence-electron chi connectivity index (χ3n) is 1.63. The molecule has 0 aliphatic heterocycles. The van der Waals surface area contributed by atoms with E-state index < -0.39 is 0 Å². The summed E-state index contributed by atoms with van der Waals surface area (Å²) in [5.74, 6) is 1.29. The van der Waals surface area contributed by atoms with Gasteiger partial charge in [-0.1, -0.05) is 45.9 Å². The smallest absolute Gasteiger partial charge is 0.106 e. The van der Waals surface area contributed by atoms with Gasteiger partial charge in [-0.05, 0) is 6.42 Å². The molecule has 0 unspecified atom stereocenters. The molecule has 0 saturated carbocycles. The second kappa shape index (κ2) is 6.96. The van der Waals surface area contributed by atoms with E-state index in [4.69, 9.17) is 4.74 Å². The van der Waals surface area contributed by atoms with Crippen LogP contribution >= 0.6 is 0 Å². The highest BCUT2D eigenvalue weighted by Crippen LogP contribution is 2.07. The minimum atomic E-state index is 0.421. The van der Waals surface area contributed by atoms with Gasteiger partial charge in [0.25, 0.3) is 0 Å². The molecule has 0 heterocycles.